The second-order valence-electron chi connectivity index (χ2n) is 7.89. The van der Waals surface area contributed by atoms with Crippen LogP contribution in [0.3, 0.4) is 0 Å². The van der Waals surface area contributed by atoms with Gasteiger partial charge in [-0.15, -0.1) is 5.10 Å². The molecule has 3 aromatic rings. The topological polar surface area (TPSA) is 130 Å². The van der Waals surface area contributed by atoms with Gasteiger partial charge in [0.1, 0.15) is 11.3 Å². The number of nitrogens with two attached hydrogens (primary N) is 2. The molecule has 8 nitrogen and oxygen atoms in total. The molecule has 0 spiro atoms. The molecule has 5 N–H and O–H groups in total. The monoisotopic (exact) mass is 449 g/mol. The molecule has 0 bridgehead atoms. The van der Waals surface area contributed by atoms with Crippen molar-refractivity contribution in [1.82, 2.24) is 4.90 Å². The van der Waals surface area contributed by atoms with E-state index in [-0.39, 0.29) is 23.2 Å². The quantitative estimate of drug-likeness (QED) is 0.199. The van der Waals surface area contributed by atoms with E-state index in [0.717, 1.165) is 18.7 Å². The van der Waals surface area contributed by atoms with Crippen LogP contribution in [-0.4, -0.2) is 41.3 Å². The predicted molar refractivity (Wildman–Crippen MR) is 133 cm³/mol. The van der Waals surface area contributed by atoms with Crippen LogP contribution < -0.4 is 17.1 Å². The molecule has 0 aliphatic rings. The average Bonchev–Trinajstić information content (AvgIpc) is 2.82. The van der Waals surface area contributed by atoms with Gasteiger partial charge in [0.2, 0.25) is 5.96 Å². The lowest BCUT2D eigenvalue weighted by Gasteiger charge is -2.32. The molecule has 1 heterocycles. The van der Waals surface area contributed by atoms with Gasteiger partial charge in [-0.1, -0.05) is 56.3 Å². The summed E-state index contributed by atoms with van der Waals surface area (Å²) in [4.78, 5) is 15.5. The van der Waals surface area contributed by atoms with Gasteiger partial charge in [-0.05, 0) is 37.7 Å². The molecule has 174 valence electrons. The molecule has 2 atom stereocenters. The minimum absolute atomic E-state index is 0.0881. The summed E-state index contributed by atoms with van der Waals surface area (Å²) in [6, 6.07) is 16.5. The Morgan fingerprint density at radius 3 is 2.30 bits per heavy atom. The van der Waals surface area contributed by atoms with Crippen molar-refractivity contribution in [1.29, 1.82) is 0 Å². The summed E-state index contributed by atoms with van der Waals surface area (Å²) >= 11 is 0. The van der Waals surface area contributed by atoms with Gasteiger partial charge in [0.05, 0.1) is 10.9 Å². The van der Waals surface area contributed by atoms with E-state index in [1.54, 1.807) is 24.3 Å². The van der Waals surface area contributed by atoms with Gasteiger partial charge in [0, 0.05) is 24.1 Å². The Balaban J connectivity index is 2.30. The summed E-state index contributed by atoms with van der Waals surface area (Å²) in [5, 5.41) is 19.9. The fourth-order valence-corrected chi connectivity index (χ4v) is 4.13. The van der Waals surface area contributed by atoms with Crippen molar-refractivity contribution in [2.45, 2.75) is 26.7 Å². The van der Waals surface area contributed by atoms with Crippen LogP contribution in [0.4, 0.5) is 0 Å². The molecular weight excluding hydrogens is 418 g/mol. The predicted octanol–water partition coefficient (Wildman–Crippen LogP) is 3.24. The molecule has 0 saturated carbocycles. The number of hydrogen-bond acceptors (Lipinski definition) is 6. The zero-order valence-corrected chi connectivity index (χ0v) is 19.2. The molecule has 0 saturated heterocycles. The number of hydrogen-bond donors (Lipinski definition) is 3. The molecule has 0 aliphatic carbocycles. The van der Waals surface area contributed by atoms with Crippen molar-refractivity contribution >= 4 is 22.6 Å². The Morgan fingerprint density at radius 1 is 1.03 bits per heavy atom. The SMILES string of the molecule is CCN(CC)CC(C(C)=NN=C(N)N)C(c1ccccc1)c1c(O)c2ccccc2oc1=O. The molecule has 0 radical (unpaired) electrons. The van der Waals surface area contributed by atoms with Crippen molar-refractivity contribution in [3.05, 3.63) is 76.1 Å². The van der Waals surface area contributed by atoms with Crippen LogP contribution in [0.2, 0.25) is 0 Å². The van der Waals surface area contributed by atoms with Crippen LogP contribution in [0.5, 0.6) is 5.75 Å². The first-order valence-electron chi connectivity index (χ1n) is 11.0. The zero-order chi connectivity index (χ0) is 24.0. The number of rotatable bonds is 9. The van der Waals surface area contributed by atoms with E-state index in [1.165, 1.54) is 0 Å². The van der Waals surface area contributed by atoms with E-state index in [2.05, 4.69) is 29.0 Å². The Kier molecular flexibility index (Phi) is 7.84. The van der Waals surface area contributed by atoms with Gasteiger partial charge in [0.15, 0.2) is 0 Å². The van der Waals surface area contributed by atoms with Crippen molar-refractivity contribution in [2.24, 2.45) is 27.6 Å². The maximum Gasteiger partial charge on any atom is 0.343 e. The van der Waals surface area contributed by atoms with Crippen molar-refractivity contribution in [3.8, 4) is 5.75 Å². The minimum Gasteiger partial charge on any atom is -0.507 e. The molecule has 0 fully saturated rings. The summed E-state index contributed by atoms with van der Waals surface area (Å²) in [7, 11) is 0. The Hall–Kier alpha value is -3.65. The highest BCUT2D eigenvalue weighted by Crippen LogP contribution is 2.39. The number of aromatic hydroxyl groups is 1. The normalized spacial score (nSPS) is 13.8. The molecule has 2 unspecified atom stereocenters. The van der Waals surface area contributed by atoms with E-state index in [1.807, 2.05) is 37.3 Å². The summed E-state index contributed by atoms with van der Waals surface area (Å²) in [6.45, 7) is 8.17. The molecule has 3 rings (SSSR count). The highest BCUT2D eigenvalue weighted by atomic mass is 16.4. The number of guanidine groups is 1. The lowest BCUT2D eigenvalue weighted by Crippen LogP contribution is -2.37. The van der Waals surface area contributed by atoms with E-state index in [9.17, 15) is 9.90 Å². The third kappa shape index (κ3) is 5.40. The van der Waals surface area contributed by atoms with E-state index in [4.69, 9.17) is 15.9 Å². The van der Waals surface area contributed by atoms with Crippen LogP contribution >= 0.6 is 0 Å². The van der Waals surface area contributed by atoms with E-state index in [0.29, 0.717) is 23.2 Å². The summed E-state index contributed by atoms with van der Waals surface area (Å²) < 4.78 is 5.63. The maximum absolute atomic E-state index is 13.2. The zero-order valence-electron chi connectivity index (χ0n) is 19.2. The first-order chi connectivity index (χ1) is 15.9. The summed E-state index contributed by atoms with van der Waals surface area (Å²) in [5.41, 5.74) is 12.4. The van der Waals surface area contributed by atoms with E-state index < -0.39 is 11.5 Å². The fraction of sp³-hybridized carbons (Fsp3) is 0.320. The van der Waals surface area contributed by atoms with Crippen LogP contribution in [0, 0.1) is 5.92 Å². The Bertz CT molecular complexity index is 1200. The highest BCUT2D eigenvalue weighted by molar-refractivity contribution is 5.89. The fourth-order valence-electron chi connectivity index (χ4n) is 4.13. The molecule has 2 aromatic carbocycles. The first-order valence-corrected chi connectivity index (χ1v) is 11.0. The Morgan fingerprint density at radius 2 is 1.67 bits per heavy atom. The van der Waals surface area contributed by atoms with Gasteiger partial charge in [-0.3, -0.25) is 0 Å². The van der Waals surface area contributed by atoms with Crippen LogP contribution in [0.15, 0.2) is 74.0 Å². The number of benzene rings is 2. The Labute approximate surface area is 193 Å². The largest absolute Gasteiger partial charge is 0.507 e. The third-order valence-electron chi connectivity index (χ3n) is 5.90. The highest BCUT2D eigenvalue weighted by Gasteiger charge is 2.34. The van der Waals surface area contributed by atoms with Crippen molar-refractivity contribution in [3.63, 3.8) is 0 Å². The molecule has 0 aliphatic heterocycles. The molecule has 33 heavy (non-hydrogen) atoms. The number of fused-ring (bicyclic) bond motifs is 1. The third-order valence-corrected chi connectivity index (χ3v) is 5.90. The van der Waals surface area contributed by atoms with Gasteiger partial charge in [-0.2, -0.15) is 5.10 Å². The van der Waals surface area contributed by atoms with Gasteiger partial charge < -0.3 is 25.9 Å². The summed E-state index contributed by atoms with van der Waals surface area (Å²) in [6.07, 6.45) is 0. The number of para-hydroxylation sites is 1. The van der Waals surface area contributed by atoms with E-state index >= 15 is 0 Å². The molecule has 0 amide bonds. The smallest absolute Gasteiger partial charge is 0.343 e. The molecular formula is C25H31N5O3. The summed E-state index contributed by atoms with van der Waals surface area (Å²) in [5.74, 6) is -1.09. The van der Waals surface area contributed by atoms with Crippen LogP contribution in [-0.2, 0) is 0 Å². The standard InChI is InChI=1S/C25H31N5O3/c1-4-30(5-2)15-19(16(3)28-29-25(26)27)21(17-11-7-6-8-12-17)22-23(31)18-13-9-10-14-20(18)33-24(22)32/h6-14,19,21,31H,4-5,15H2,1-3H3,(H4,26,27,29). The lowest BCUT2D eigenvalue weighted by atomic mass is 9.78. The first kappa shape index (κ1) is 24.0. The van der Waals surface area contributed by atoms with Gasteiger partial charge >= 0.3 is 5.63 Å². The average molecular weight is 450 g/mol. The van der Waals surface area contributed by atoms with Crippen molar-refractivity contribution in [2.75, 3.05) is 19.6 Å². The number of nitrogens with zero attached hydrogens (tertiary/aromatic N) is 3. The maximum atomic E-state index is 13.2. The van der Waals surface area contributed by atoms with Crippen LogP contribution in [0.1, 0.15) is 37.8 Å². The molecule has 8 heteroatoms. The minimum atomic E-state index is -0.584. The van der Waals surface area contributed by atoms with Gasteiger partial charge in [-0.25, -0.2) is 4.79 Å². The van der Waals surface area contributed by atoms with Crippen LogP contribution in [0.25, 0.3) is 11.0 Å². The van der Waals surface area contributed by atoms with Crippen molar-refractivity contribution < 1.29 is 9.52 Å². The van der Waals surface area contributed by atoms with Gasteiger partial charge in [0.25, 0.3) is 0 Å². The lowest BCUT2D eigenvalue weighted by molar-refractivity contribution is 0.269. The second-order valence-corrected chi connectivity index (χ2v) is 7.89. The molecule has 1 aromatic heterocycles. The second kappa shape index (κ2) is 10.8.